The van der Waals surface area contributed by atoms with E-state index in [1.165, 1.54) is 19.4 Å². The first-order valence-corrected chi connectivity index (χ1v) is 7.27. The number of anilines is 1. The summed E-state index contributed by atoms with van der Waals surface area (Å²) in [6.07, 6.45) is 8.32. The molecule has 0 aromatic carbocycles. The number of amides is 1. The third-order valence-electron chi connectivity index (χ3n) is 4.77. The molecule has 5 nitrogen and oxygen atoms in total. The zero-order valence-corrected chi connectivity index (χ0v) is 11.3. The monoisotopic (exact) mass is 260 g/mol. The largest absolute Gasteiger partial charge is 0.305 e. The molecule has 0 bridgehead atoms. The zero-order valence-electron chi connectivity index (χ0n) is 11.3. The molecule has 19 heavy (non-hydrogen) atoms. The SMILES string of the molecule is Cn1cc(N2C(=O)C[C@@H]3[C@@H]2CCN3CC2CC2)cn1. The number of fused-ring (bicyclic) bond motifs is 1. The third-order valence-corrected chi connectivity index (χ3v) is 4.77. The Hall–Kier alpha value is -1.36. The Bertz CT molecular complexity index is 507. The molecule has 0 radical (unpaired) electrons. The predicted molar refractivity (Wildman–Crippen MR) is 71.8 cm³/mol. The first-order chi connectivity index (χ1) is 9.22. The van der Waals surface area contributed by atoms with Crippen LogP contribution < -0.4 is 4.90 Å². The van der Waals surface area contributed by atoms with Gasteiger partial charge in [-0.2, -0.15) is 5.10 Å². The number of aryl methyl sites for hydroxylation is 1. The van der Waals surface area contributed by atoms with Crippen molar-refractivity contribution in [1.82, 2.24) is 14.7 Å². The first-order valence-electron chi connectivity index (χ1n) is 7.27. The van der Waals surface area contributed by atoms with Gasteiger partial charge in [-0.1, -0.05) is 0 Å². The molecule has 0 spiro atoms. The van der Waals surface area contributed by atoms with Gasteiger partial charge in [-0.25, -0.2) is 0 Å². The van der Waals surface area contributed by atoms with Crippen LogP contribution in [0, 0.1) is 5.92 Å². The van der Waals surface area contributed by atoms with Gasteiger partial charge in [0.15, 0.2) is 0 Å². The number of likely N-dealkylation sites (tertiary alicyclic amines) is 1. The molecule has 4 rings (SSSR count). The maximum Gasteiger partial charge on any atom is 0.229 e. The summed E-state index contributed by atoms with van der Waals surface area (Å²) in [4.78, 5) is 16.8. The van der Waals surface area contributed by atoms with Crippen molar-refractivity contribution in [3.05, 3.63) is 12.4 Å². The van der Waals surface area contributed by atoms with Gasteiger partial charge in [0.1, 0.15) is 0 Å². The average Bonchev–Trinajstić information content (AvgIpc) is 2.83. The lowest BCUT2D eigenvalue weighted by atomic mass is 10.1. The van der Waals surface area contributed by atoms with Crippen molar-refractivity contribution in [2.24, 2.45) is 13.0 Å². The fourth-order valence-electron chi connectivity index (χ4n) is 3.66. The highest BCUT2D eigenvalue weighted by atomic mass is 16.2. The Morgan fingerprint density at radius 1 is 1.32 bits per heavy atom. The summed E-state index contributed by atoms with van der Waals surface area (Å²) < 4.78 is 1.77. The van der Waals surface area contributed by atoms with E-state index >= 15 is 0 Å². The van der Waals surface area contributed by atoms with Crippen LogP contribution in [0.4, 0.5) is 5.69 Å². The van der Waals surface area contributed by atoms with Gasteiger partial charge < -0.3 is 4.90 Å². The van der Waals surface area contributed by atoms with E-state index in [4.69, 9.17) is 0 Å². The number of hydrogen-bond acceptors (Lipinski definition) is 3. The normalized spacial score (nSPS) is 31.2. The molecule has 3 aliphatic rings. The molecule has 1 aromatic rings. The van der Waals surface area contributed by atoms with Crippen LogP contribution in [0.5, 0.6) is 0 Å². The Balaban J connectivity index is 1.56. The molecule has 1 aliphatic carbocycles. The van der Waals surface area contributed by atoms with E-state index in [-0.39, 0.29) is 5.91 Å². The molecule has 2 saturated heterocycles. The minimum atomic E-state index is 0.267. The van der Waals surface area contributed by atoms with E-state index in [0.717, 1.165) is 24.6 Å². The molecule has 1 aromatic heterocycles. The van der Waals surface area contributed by atoms with Crippen molar-refractivity contribution in [2.45, 2.75) is 37.8 Å². The van der Waals surface area contributed by atoms with Crippen molar-refractivity contribution in [1.29, 1.82) is 0 Å². The molecule has 3 fully saturated rings. The zero-order chi connectivity index (χ0) is 13.0. The van der Waals surface area contributed by atoms with Crippen LogP contribution >= 0.6 is 0 Å². The molecular formula is C14H20N4O. The average molecular weight is 260 g/mol. The topological polar surface area (TPSA) is 41.4 Å². The third kappa shape index (κ3) is 1.87. The van der Waals surface area contributed by atoms with Crippen LogP contribution in [0.25, 0.3) is 0 Å². The van der Waals surface area contributed by atoms with E-state index in [0.29, 0.717) is 18.5 Å². The number of carbonyl (C=O) groups is 1. The molecular weight excluding hydrogens is 240 g/mol. The summed E-state index contributed by atoms with van der Waals surface area (Å²) >= 11 is 0. The highest BCUT2D eigenvalue weighted by Gasteiger charge is 2.48. The van der Waals surface area contributed by atoms with Gasteiger partial charge in [-0.3, -0.25) is 14.4 Å². The lowest BCUT2D eigenvalue weighted by Gasteiger charge is -2.24. The summed E-state index contributed by atoms with van der Waals surface area (Å²) in [7, 11) is 1.90. The second-order valence-corrected chi connectivity index (χ2v) is 6.20. The Labute approximate surface area is 113 Å². The second kappa shape index (κ2) is 4.07. The van der Waals surface area contributed by atoms with E-state index in [9.17, 15) is 4.79 Å². The smallest absolute Gasteiger partial charge is 0.229 e. The van der Waals surface area contributed by atoms with E-state index in [1.807, 2.05) is 24.3 Å². The summed E-state index contributed by atoms with van der Waals surface area (Å²) in [5.41, 5.74) is 0.966. The number of aromatic nitrogens is 2. The Morgan fingerprint density at radius 3 is 2.84 bits per heavy atom. The van der Waals surface area contributed by atoms with Crippen LogP contribution in [-0.2, 0) is 11.8 Å². The molecule has 102 valence electrons. The van der Waals surface area contributed by atoms with Crippen molar-refractivity contribution in [3.8, 4) is 0 Å². The van der Waals surface area contributed by atoms with Crippen LogP contribution in [-0.4, -0.2) is 45.8 Å². The quantitative estimate of drug-likeness (QED) is 0.814. The molecule has 0 N–H and O–H groups in total. The lowest BCUT2D eigenvalue weighted by molar-refractivity contribution is -0.117. The lowest BCUT2D eigenvalue weighted by Crippen LogP contribution is -2.37. The van der Waals surface area contributed by atoms with E-state index < -0.39 is 0 Å². The fraction of sp³-hybridized carbons (Fsp3) is 0.714. The van der Waals surface area contributed by atoms with Gasteiger partial charge in [-0.05, 0) is 25.2 Å². The highest BCUT2D eigenvalue weighted by molar-refractivity contribution is 5.97. The van der Waals surface area contributed by atoms with Crippen LogP contribution in [0.15, 0.2) is 12.4 Å². The van der Waals surface area contributed by atoms with Gasteiger partial charge in [-0.15, -0.1) is 0 Å². The molecule has 5 heteroatoms. The maximum atomic E-state index is 12.3. The van der Waals surface area contributed by atoms with E-state index in [2.05, 4.69) is 10.00 Å². The van der Waals surface area contributed by atoms with Gasteiger partial charge in [0.2, 0.25) is 5.91 Å². The maximum absolute atomic E-state index is 12.3. The van der Waals surface area contributed by atoms with Crippen LogP contribution in [0.1, 0.15) is 25.7 Å². The molecule has 3 heterocycles. The molecule has 2 aliphatic heterocycles. The van der Waals surface area contributed by atoms with Gasteiger partial charge in [0, 0.05) is 38.8 Å². The molecule has 1 amide bonds. The van der Waals surface area contributed by atoms with Crippen molar-refractivity contribution in [3.63, 3.8) is 0 Å². The summed E-state index contributed by atoms with van der Waals surface area (Å²) in [6, 6.07) is 0.809. The summed E-state index contributed by atoms with van der Waals surface area (Å²) in [6.45, 7) is 2.35. The molecule has 0 unspecified atom stereocenters. The summed E-state index contributed by atoms with van der Waals surface area (Å²) in [5, 5.41) is 4.20. The Morgan fingerprint density at radius 2 is 2.16 bits per heavy atom. The number of hydrogen-bond donors (Lipinski definition) is 0. The van der Waals surface area contributed by atoms with E-state index in [1.54, 1.807) is 4.68 Å². The van der Waals surface area contributed by atoms with Gasteiger partial charge in [0.25, 0.3) is 0 Å². The molecule has 2 atom stereocenters. The summed E-state index contributed by atoms with van der Waals surface area (Å²) in [5.74, 6) is 1.17. The Kier molecular flexibility index (Phi) is 2.45. The van der Waals surface area contributed by atoms with Crippen LogP contribution in [0.3, 0.4) is 0 Å². The number of nitrogens with zero attached hydrogens (tertiary/aromatic N) is 4. The fourth-order valence-corrected chi connectivity index (χ4v) is 3.66. The van der Waals surface area contributed by atoms with Crippen LogP contribution in [0.2, 0.25) is 0 Å². The van der Waals surface area contributed by atoms with Gasteiger partial charge in [0.05, 0.1) is 17.9 Å². The number of carbonyl (C=O) groups excluding carboxylic acids is 1. The minimum absolute atomic E-state index is 0.267. The van der Waals surface area contributed by atoms with Crippen molar-refractivity contribution >= 4 is 11.6 Å². The first kappa shape index (κ1) is 11.5. The number of rotatable bonds is 3. The second-order valence-electron chi connectivity index (χ2n) is 6.20. The standard InChI is InChI=1S/C14H20N4O/c1-16-9-11(7-15-16)18-12-4-5-17(8-10-2-3-10)13(12)6-14(18)19/h7,9-10,12-13H,2-6,8H2,1H3/t12-,13+/m0/s1. The molecule has 1 saturated carbocycles. The minimum Gasteiger partial charge on any atom is -0.305 e. The van der Waals surface area contributed by atoms with Crippen molar-refractivity contribution in [2.75, 3.05) is 18.0 Å². The van der Waals surface area contributed by atoms with Crippen molar-refractivity contribution < 1.29 is 4.79 Å². The predicted octanol–water partition coefficient (Wildman–Crippen LogP) is 1.01. The van der Waals surface area contributed by atoms with Gasteiger partial charge >= 0.3 is 0 Å². The highest BCUT2D eigenvalue weighted by Crippen LogP contribution is 2.38.